The van der Waals surface area contributed by atoms with E-state index in [1.807, 2.05) is 45.0 Å². The van der Waals surface area contributed by atoms with E-state index in [1.165, 1.54) is 0 Å². The van der Waals surface area contributed by atoms with Crippen molar-refractivity contribution in [2.75, 3.05) is 0 Å². The maximum absolute atomic E-state index is 11.6. The highest BCUT2D eigenvalue weighted by Gasteiger charge is 2.15. The van der Waals surface area contributed by atoms with Gasteiger partial charge in [0.25, 0.3) is 0 Å². The zero-order chi connectivity index (χ0) is 16.6. The number of nitrogens with zero attached hydrogens (tertiary/aromatic N) is 2. The number of amides is 1. The minimum atomic E-state index is -0.522. The number of ether oxygens (including phenoxy) is 1. The van der Waals surface area contributed by atoms with Crippen LogP contribution in [0.2, 0.25) is 0 Å². The molecule has 1 aromatic carbocycles. The number of aliphatic imine (C=N–C) groups is 1. The number of nitrogens with two attached hydrogens (primary N) is 1. The molecule has 7 nitrogen and oxygen atoms in total. The molecule has 0 saturated carbocycles. The number of hydrogen-bond donors (Lipinski definition) is 3. The summed E-state index contributed by atoms with van der Waals surface area (Å²) in [5.74, 6) is 0.0692. The Morgan fingerprint density at radius 3 is 2.73 bits per heavy atom. The van der Waals surface area contributed by atoms with Crippen LogP contribution in [-0.2, 0) is 17.8 Å². The fourth-order valence-electron chi connectivity index (χ4n) is 1.60. The average Bonchev–Trinajstić information content (AvgIpc) is 2.42. The maximum Gasteiger partial charge on any atom is 0.407 e. The zero-order valence-electron chi connectivity index (χ0n) is 13.0. The molecule has 118 valence electrons. The normalized spacial score (nSPS) is 11.5. The lowest BCUT2D eigenvalue weighted by molar-refractivity contribution is 0.0523. The van der Waals surface area contributed by atoms with Gasteiger partial charge < -0.3 is 15.8 Å². The number of nitriles is 1. The molecule has 0 bridgehead atoms. The molecule has 1 amide bonds. The van der Waals surface area contributed by atoms with Crippen LogP contribution in [0.5, 0.6) is 0 Å². The lowest BCUT2D eigenvalue weighted by atomic mass is 10.1. The fraction of sp³-hybridized carbons (Fsp3) is 0.400. The van der Waals surface area contributed by atoms with Gasteiger partial charge in [0.2, 0.25) is 5.96 Å². The molecule has 0 unspecified atom stereocenters. The Bertz CT molecular complexity index is 584. The third-order valence-corrected chi connectivity index (χ3v) is 2.44. The third kappa shape index (κ3) is 7.14. The van der Waals surface area contributed by atoms with Crippen molar-refractivity contribution in [3.63, 3.8) is 0 Å². The summed E-state index contributed by atoms with van der Waals surface area (Å²) in [6, 6.07) is 7.55. The van der Waals surface area contributed by atoms with E-state index in [4.69, 9.17) is 15.7 Å². The number of carbonyl (C=O) groups excluding carboxylic acids is 1. The monoisotopic (exact) mass is 303 g/mol. The topological polar surface area (TPSA) is 113 Å². The minimum absolute atomic E-state index is 0.0692. The highest BCUT2D eigenvalue weighted by atomic mass is 16.6. The molecule has 0 heterocycles. The summed E-state index contributed by atoms with van der Waals surface area (Å²) in [5.41, 5.74) is 6.79. The standard InChI is InChI=1S/C15H21N5O2/c1-15(2,3)22-14(21)19-9-12-6-4-5-11(7-12)8-18-13(17)20-10-16/h4-7H,8-9H2,1-3H3,(H,19,21)(H3,17,18,20). The molecule has 0 radical (unpaired) electrons. The Morgan fingerprint density at radius 2 is 2.09 bits per heavy atom. The molecule has 0 fully saturated rings. The second-order valence-corrected chi connectivity index (χ2v) is 5.61. The highest BCUT2D eigenvalue weighted by molar-refractivity contribution is 5.79. The van der Waals surface area contributed by atoms with Gasteiger partial charge in [-0.15, -0.1) is 0 Å². The molecule has 0 aliphatic rings. The van der Waals surface area contributed by atoms with E-state index in [-0.39, 0.29) is 5.96 Å². The van der Waals surface area contributed by atoms with Crippen molar-refractivity contribution in [3.05, 3.63) is 35.4 Å². The molecular formula is C15H21N5O2. The quantitative estimate of drug-likeness (QED) is 0.338. The zero-order valence-corrected chi connectivity index (χ0v) is 13.0. The summed E-state index contributed by atoms with van der Waals surface area (Å²) >= 11 is 0. The summed E-state index contributed by atoms with van der Waals surface area (Å²) < 4.78 is 5.17. The minimum Gasteiger partial charge on any atom is -0.444 e. The first-order valence-electron chi connectivity index (χ1n) is 6.80. The van der Waals surface area contributed by atoms with Crippen LogP contribution in [0.4, 0.5) is 4.79 Å². The predicted octanol–water partition coefficient (Wildman–Crippen LogP) is 1.60. The van der Waals surface area contributed by atoms with Gasteiger partial charge in [0, 0.05) is 6.54 Å². The summed E-state index contributed by atoms with van der Waals surface area (Å²) in [4.78, 5) is 15.6. The highest BCUT2D eigenvalue weighted by Crippen LogP contribution is 2.09. The number of nitrogens with one attached hydrogen (secondary N) is 2. The number of carbonyl (C=O) groups is 1. The van der Waals surface area contributed by atoms with E-state index in [9.17, 15) is 4.79 Å². The van der Waals surface area contributed by atoms with Gasteiger partial charge in [-0.2, -0.15) is 5.26 Å². The molecule has 0 atom stereocenters. The van der Waals surface area contributed by atoms with E-state index in [1.54, 1.807) is 6.19 Å². The van der Waals surface area contributed by atoms with E-state index in [2.05, 4.69) is 15.6 Å². The van der Waals surface area contributed by atoms with Gasteiger partial charge in [0.05, 0.1) is 6.54 Å². The Morgan fingerprint density at radius 1 is 1.41 bits per heavy atom. The van der Waals surface area contributed by atoms with Crippen molar-refractivity contribution in [2.45, 2.75) is 39.5 Å². The van der Waals surface area contributed by atoms with Crippen LogP contribution >= 0.6 is 0 Å². The summed E-state index contributed by atoms with van der Waals surface area (Å²) in [6.45, 7) is 6.14. The maximum atomic E-state index is 11.6. The van der Waals surface area contributed by atoms with Gasteiger partial charge in [0.1, 0.15) is 5.60 Å². The predicted molar refractivity (Wildman–Crippen MR) is 83.6 cm³/mol. The van der Waals surface area contributed by atoms with Gasteiger partial charge >= 0.3 is 6.09 Å². The smallest absolute Gasteiger partial charge is 0.407 e. The van der Waals surface area contributed by atoms with Crippen LogP contribution in [-0.4, -0.2) is 17.7 Å². The SMILES string of the molecule is CC(C)(C)OC(=O)NCc1cccc(CN=C(N)NC#N)c1. The molecule has 7 heteroatoms. The van der Waals surface area contributed by atoms with Crippen LogP contribution in [0.25, 0.3) is 0 Å². The molecule has 0 aliphatic carbocycles. The van der Waals surface area contributed by atoms with Crippen LogP contribution in [0.1, 0.15) is 31.9 Å². The molecule has 1 rings (SSSR count). The fourth-order valence-corrected chi connectivity index (χ4v) is 1.60. The Balaban J connectivity index is 2.56. The molecule has 0 aromatic heterocycles. The first kappa shape index (κ1) is 17.3. The number of rotatable bonds is 4. The lowest BCUT2D eigenvalue weighted by Crippen LogP contribution is -2.32. The third-order valence-electron chi connectivity index (χ3n) is 2.44. The van der Waals surface area contributed by atoms with Crippen LogP contribution < -0.4 is 16.4 Å². The molecule has 0 spiro atoms. The van der Waals surface area contributed by atoms with E-state index in [0.29, 0.717) is 13.1 Å². The van der Waals surface area contributed by atoms with Crippen molar-refractivity contribution in [2.24, 2.45) is 10.7 Å². The first-order chi connectivity index (χ1) is 10.3. The van der Waals surface area contributed by atoms with Gasteiger partial charge in [0.15, 0.2) is 6.19 Å². The van der Waals surface area contributed by atoms with Gasteiger partial charge in [-0.3, -0.25) is 5.32 Å². The number of hydrogen-bond acceptors (Lipinski definition) is 4. The van der Waals surface area contributed by atoms with Crippen molar-refractivity contribution in [1.29, 1.82) is 5.26 Å². The molecule has 1 aromatic rings. The first-order valence-corrected chi connectivity index (χ1v) is 6.80. The largest absolute Gasteiger partial charge is 0.444 e. The van der Waals surface area contributed by atoms with Gasteiger partial charge in [-0.05, 0) is 31.9 Å². The Kier molecular flexibility index (Phi) is 6.20. The Labute approximate surface area is 130 Å². The summed E-state index contributed by atoms with van der Waals surface area (Å²) in [6.07, 6.45) is 1.24. The molecular weight excluding hydrogens is 282 g/mol. The molecule has 0 aliphatic heterocycles. The van der Waals surface area contributed by atoms with Gasteiger partial charge in [-0.25, -0.2) is 9.79 Å². The second kappa shape index (κ2) is 7.88. The van der Waals surface area contributed by atoms with E-state index < -0.39 is 11.7 Å². The van der Waals surface area contributed by atoms with Crippen molar-refractivity contribution in [1.82, 2.24) is 10.6 Å². The number of alkyl carbamates (subject to hydrolysis) is 1. The average molecular weight is 303 g/mol. The Hall–Kier alpha value is -2.75. The van der Waals surface area contributed by atoms with Gasteiger partial charge in [-0.1, -0.05) is 24.3 Å². The number of benzene rings is 1. The summed E-state index contributed by atoms with van der Waals surface area (Å²) in [5, 5.41) is 13.3. The van der Waals surface area contributed by atoms with Crippen LogP contribution in [0.3, 0.4) is 0 Å². The van der Waals surface area contributed by atoms with Crippen LogP contribution in [0.15, 0.2) is 29.3 Å². The molecule has 22 heavy (non-hydrogen) atoms. The van der Waals surface area contributed by atoms with E-state index >= 15 is 0 Å². The summed E-state index contributed by atoms with van der Waals surface area (Å²) in [7, 11) is 0. The second-order valence-electron chi connectivity index (χ2n) is 5.61. The van der Waals surface area contributed by atoms with Crippen molar-refractivity contribution in [3.8, 4) is 6.19 Å². The lowest BCUT2D eigenvalue weighted by Gasteiger charge is -2.19. The van der Waals surface area contributed by atoms with Crippen molar-refractivity contribution < 1.29 is 9.53 Å². The molecule has 0 saturated heterocycles. The van der Waals surface area contributed by atoms with E-state index in [0.717, 1.165) is 11.1 Å². The number of guanidine groups is 1. The molecule has 4 N–H and O–H groups in total. The van der Waals surface area contributed by atoms with Crippen LogP contribution in [0, 0.1) is 11.5 Å². The van der Waals surface area contributed by atoms with Crippen molar-refractivity contribution >= 4 is 12.1 Å².